The number of fused-ring (bicyclic) bond motifs is 2. The molecule has 0 unspecified atom stereocenters. The van der Waals surface area contributed by atoms with Crippen LogP contribution >= 0.6 is 0 Å². The van der Waals surface area contributed by atoms with E-state index in [0.29, 0.717) is 12.2 Å². The van der Waals surface area contributed by atoms with E-state index < -0.39 is 196 Å². The predicted molar refractivity (Wildman–Crippen MR) is 320 cm³/mol. The predicted octanol–water partition coefficient (Wildman–Crippen LogP) is 0.695. The molecule has 0 aromatic heterocycles. The third-order valence-corrected chi connectivity index (χ3v) is 16.6. The molecule has 28 heteroatoms. The van der Waals surface area contributed by atoms with Gasteiger partial charge in [-0.15, -0.1) is 0 Å². The van der Waals surface area contributed by atoms with Gasteiger partial charge in [0.05, 0.1) is 37.6 Å². The highest BCUT2D eigenvalue weighted by atomic mass is 19.2. The molecule has 91 heavy (non-hydrogen) atoms. The molecule has 0 bridgehead atoms. The zero-order valence-corrected chi connectivity index (χ0v) is 50.8. The first kappa shape index (κ1) is 70.7. The van der Waals surface area contributed by atoms with Gasteiger partial charge < -0.3 is 86.7 Å². The molecule has 3 aliphatic heterocycles. The minimum absolute atomic E-state index is 0.0551. The number of aliphatic hydroxyl groups excluding tert-OH is 7. The molecule has 0 saturated carbocycles. The highest BCUT2D eigenvalue weighted by Crippen LogP contribution is 2.30. The minimum atomic E-state index is -2.35. The Morgan fingerprint density at radius 3 is 1.73 bits per heavy atom. The highest BCUT2D eigenvalue weighted by molar-refractivity contribution is 6.00. The third-order valence-electron chi connectivity index (χ3n) is 16.6. The number of hydrogen-bond donors (Lipinski definition) is 13. The summed E-state index contributed by atoms with van der Waals surface area (Å²) in [6.07, 6.45) is -14.1. The molecule has 7 amide bonds. The molecule has 0 spiro atoms. The maximum atomic E-state index is 14.8. The van der Waals surface area contributed by atoms with Crippen LogP contribution in [0.5, 0.6) is 11.5 Å². The van der Waals surface area contributed by atoms with Gasteiger partial charge >= 0.3 is 0 Å². The van der Waals surface area contributed by atoms with Crippen LogP contribution in [0.25, 0.3) is 22.3 Å². The lowest BCUT2D eigenvalue weighted by molar-refractivity contribution is -0.961. The Morgan fingerprint density at radius 1 is 0.648 bits per heavy atom. The summed E-state index contributed by atoms with van der Waals surface area (Å²) in [7, 11) is 0. The van der Waals surface area contributed by atoms with Crippen LogP contribution in [0.3, 0.4) is 0 Å². The quantitative estimate of drug-likeness (QED) is 0.0310. The van der Waals surface area contributed by atoms with E-state index >= 15 is 0 Å². The number of rotatable bonds is 21. The number of amides is 7. The van der Waals surface area contributed by atoms with Crippen molar-refractivity contribution in [3.8, 4) is 33.8 Å². The fraction of sp³-hybridized carbons (Fsp3) is 0.508. The number of halogens is 3. The number of aliphatic hydroxyl groups is 7. The molecule has 13 N–H and O–H groups in total. The van der Waals surface area contributed by atoms with Gasteiger partial charge in [-0.3, -0.25) is 33.6 Å². The van der Waals surface area contributed by atoms with E-state index in [2.05, 4.69) is 33.5 Å². The molecule has 3 aliphatic rings. The van der Waals surface area contributed by atoms with Gasteiger partial charge in [-0.2, -0.15) is 13.2 Å². The Morgan fingerprint density at radius 2 is 1.18 bits per heavy atom. The Bertz CT molecular complexity index is 3100. The van der Waals surface area contributed by atoms with Crippen molar-refractivity contribution in [2.45, 2.75) is 145 Å². The number of phenols is 1. The summed E-state index contributed by atoms with van der Waals surface area (Å²) >= 11 is 0. The molecule has 4 aromatic carbocycles. The van der Waals surface area contributed by atoms with Crippen LogP contribution in [0.2, 0.25) is 0 Å². The lowest BCUT2D eigenvalue weighted by atomic mass is 9.96. The maximum absolute atomic E-state index is 14.8. The van der Waals surface area contributed by atoms with Crippen LogP contribution in [0.15, 0.2) is 97.1 Å². The summed E-state index contributed by atoms with van der Waals surface area (Å²) in [6.45, 7) is -1.14. The highest BCUT2D eigenvalue weighted by Gasteiger charge is 2.50. The molecular formula is C63H82F3N8O17+. The summed E-state index contributed by atoms with van der Waals surface area (Å²) in [5.41, 5.74) is 3.12. The number of ether oxygens (including phenoxy) is 2. The van der Waals surface area contributed by atoms with Gasteiger partial charge in [0.2, 0.25) is 55.8 Å². The molecule has 15 atom stereocenters. The van der Waals surface area contributed by atoms with Crippen LogP contribution in [0.4, 0.5) is 13.2 Å². The number of carbonyl (C=O) groups is 7. The fourth-order valence-electron chi connectivity index (χ4n) is 11.0. The van der Waals surface area contributed by atoms with Crippen molar-refractivity contribution in [1.82, 2.24) is 36.4 Å². The second-order valence-corrected chi connectivity index (χ2v) is 23.6. The van der Waals surface area contributed by atoms with Crippen molar-refractivity contribution >= 4 is 41.4 Å². The van der Waals surface area contributed by atoms with Crippen LogP contribution in [0, 0.1) is 5.92 Å². The monoisotopic (exact) mass is 1280 g/mol. The number of nitrogens with zero attached hydrogens (tertiary/aromatic N) is 3. The molecule has 25 nitrogen and oxygen atoms in total. The zero-order valence-electron chi connectivity index (χ0n) is 50.8. The molecule has 4 aromatic rings. The van der Waals surface area contributed by atoms with Gasteiger partial charge in [0.15, 0.2) is 6.23 Å². The Kier molecular flexibility index (Phi) is 24.8. The van der Waals surface area contributed by atoms with E-state index in [-0.39, 0.29) is 16.9 Å². The van der Waals surface area contributed by atoms with Crippen molar-refractivity contribution in [2.75, 3.05) is 53.2 Å². The number of benzene rings is 4. The smallest absolute Gasteiger partial charge is 0.251 e. The van der Waals surface area contributed by atoms with Crippen molar-refractivity contribution in [1.29, 1.82) is 0 Å². The van der Waals surface area contributed by atoms with Gasteiger partial charge in [-0.25, -0.2) is 4.48 Å². The van der Waals surface area contributed by atoms with Gasteiger partial charge in [-0.05, 0) is 84.5 Å². The average Bonchev–Trinajstić information content (AvgIpc) is 1.82. The average molecular weight is 1280 g/mol. The third kappa shape index (κ3) is 17.4. The van der Waals surface area contributed by atoms with Crippen molar-refractivity contribution < 1.29 is 102 Å². The van der Waals surface area contributed by atoms with Gasteiger partial charge in [-0.1, -0.05) is 87.4 Å². The molecule has 3 heterocycles. The number of phenolic OH excluding ortho intramolecular Hbond substituents is 1. The molecule has 3 fully saturated rings. The summed E-state index contributed by atoms with van der Waals surface area (Å²) in [5.74, 6) is -9.25. The summed E-state index contributed by atoms with van der Waals surface area (Å²) in [4.78, 5) is 104. The molecule has 7 rings (SSSR count). The van der Waals surface area contributed by atoms with E-state index in [0.717, 1.165) is 77.5 Å². The van der Waals surface area contributed by atoms with Gasteiger partial charge in [0.25, 0.3) is 5.91 Å². The van der Waals surface area contributed by atoms with E-state index in [1.807, 2.05) is 48.5 Å². The SMILES string of the molecule is CCCCCOc1ccc(-c2ccc(-c3ccc(C(=O)N[C@H]4C[C@@H](O)[C@@H](OCC[N+](CF)(CF)CF)NC(=O)[C@@H]5[C@@H](O)[C@@H](C)CN5C(=O)[C@H]([C@@H](C)O)NC(=O)[C@H]([C@H](O)[C@@H](O)c5ccc(O)cc5)NC(=O)[C@@H]5C[C@@H](O)CN5C(=O)[C@H]([C@@H](C)O)NC4=O)cc3)cc2)cc1. The molecule has 0 aliphatic carbocycles. The maximum Gasteiger partial charge on any atom is 0.251 e. The standard InChI is InChI=1S/C63H81F3N8O17/c1-5-6-7-25-90-45-22-18-40(19-23-45)38-10-8-37(9-11-38)39-12-14-42(15-13-39)56(83)67-46-28-48(79)61(91-26-24-74(31-64,32-65)33-66)71-60(87)52-53(80)34(2)29-73(52)63(89)50(36(4)76)69-59(86)51(55(82)54(81)41-16-20-43(77)21-17-41)70-58(85)47-27-44(78)30-72(47)62(88)49(35(3)75)68-57(46)84/h8-23,34-36,44,46-55,61,75-76,78-82H,5-7,24-33H2,1-4H3,(H5-,67,68,69,70,71,77,83,84,85,86,87)/p+1/t34-,35+,36+,44+,46-,47-,48+,49-,50-,51-,52-,53-,54-,55-,61+/m0/s1. The van der Waals surface area contributed by atoms with Crippen LogP contribution < -0.4 is 31.3 Å². The summed E-state index contributed by atoms with van der Waals surface area (Å²) < 4.78 is 52.7. The largest absolute Gasteiger partial charge is 0.508 e. The van der Waals surface area contributed by atoms with Crippen molar-refractivity contribution in [3.63, 3.8) is 0 Å². The number of aromatic hydroxyl groups is 1. The first-order chi connectivity index (χ1) is 43.3. The molecular weight excluding hydrogens is 1200 g/mol. The number of alkyl halides is 3. The zero-order chi connectivity index (χ0) is 66.4. The number of carbonyl (C=O) groups excluding carboxylic acids is 7. The minimum Gasteiger partial charge on any atom is -0.508 e. The molecule has 496 valence electrons. The van der Waals surface area contributed by atoms with Crippen LogP contribution in [-0.2, 0) is 33.5 Å². The topological polar surface area (TPSA) is 366 Å². The lowest BCUT2D eigenvalue weighted by Crippen LogP contribution is -2.64. The molecule has 3 saturated heterocycles. The first-order valence-electron chi connectivity index (χ1n) is 30.1. The van der Waals surface area contributed by atoms with Crippen molar-refractivity contribution in [3.05, 3.63) is 108 Å². The van der Waals surface area contributed by atoms with E-state index in [1.54, 1.807) is 12.1 Å². The fourth-order valence-corrected chi connectivity index (χ4v) is 11.0. The van der Waals surface area contributed by atoms with Gasteiger partial charge in [0.1, 0.15) is 72.6 Å². The number of nitrogens with one attached hydrogen (secondary N) is 5. The van der Waals surface area contributed by atoms with Crippen LogP contribution in [0.1, 0.15) is 81.8 Å². The normalized spacial score (nSPS) is 26.2. The van der Waals surface area contributed by atoms with E-state index in [4.69, 9.17) is 9.47 Å². The molecule has 0 radical (unpaired) electrons. The van der Waals surface area contributed by atoms with E-state index in [9.17, 15) is 87.6 Å². The second kappa shape index (κ2) is 32.0. The van der Waals surface area contributed by atoms with Crippen LogP contribution in [-0.4, -0.2) is 229 Å². The van der Waals surface area contributed by atoms with E-state index in [1.165, 1.54) is 31.2 Å². The summed E-state index contributed by atoms with van der Waals surface area (Å²) in [5, 5.41) is 102. The number of hydrogen-bond acceptors (Lipinski definition) is 17. The summed E-state index contributed by atoms with van der Waals surface area (Å²) in [6, 6.07) is 13.8. The van der Waals surface area contributed by atoms with Gasteiger partial charge in [0, 0.05) is 37.4 Å². The van der Waals surface area contributed by atoms with Crippen molar-refractivity contribution in [2.24, 2.45) is 5.92 Å². The second-order valence-electron chi connectivity index (χ2n) is 23.6. The Hall–Kier alpha value is -7.80. The Balaban J connectivity index is 1.25. The Labute approximate surface area is 523 Å². The first-order valence-corrected chi connectivity index (χ1v) is 30.1. The lowest BCUT2D eigenvalue weighted by Gasteiger charge is -2.34. The number of quaternary nitrogens is 1. The number of unbranched alkanes of at least 4 members (excludes halogenated alkanes) is 2.